The summed E-state index contributed by atoms with van der Waals surface area (Å²) in [6.45, 7) is 4.24. The first kappa shape index (κ1) is 17.6. The quantitative estimate of drug-likeness (QED) is 0.535. The van der Waals surface area contributed by atoms with E-state index in [0.29, 0.717) is 22.9 Å². The number of aromatic amines is 1. The van der Waals surface area contributed by atoms with Crippen LogP contribution in [0.2, 0.25) is 0 Å². The van der Waals surface area contributed by atoms with Gasteiger partial charge in [-0.1, -0.05) is 25.1 Å². The smallest absolute Gasteiger partial charge is 0.270 e. The molecule has 0 bridgehead atoms. The Kier molecular flexibility index (Phi) is 4.12. The van der Waals surface area contributed by atoms with Gasteiger partial charge in [0.05, 0.1) is 11.2 Å². The third kappa shape index (κ3) is 2.97. The number of rotatable bonds is 4. The summed E-state index contributed by atoms with van der Waals surface area (Å²) in [4.78, 5) is 21.1. The number of nitrogens with one attached hydrogen (secondary N) is 2. The summed E-state index contributed by atoms with van der Waals surface area (Å²) in [7, 11) is 0. The second-order valence-electron chi connectivity index (χ2n) is 7.30. The summed E-state index contributed by atoms with van der Waals surface area (Å²) in [6, 6.07) is 15.7. The highest BCUT2D eigenvalue weighted by atomic mass is 16.7. The van der Waals surface area contributed by atoms with Crippen LogP contribution >= 0.6 is 0 Å². The van der Waals surface area contributed by atoms with Gasteiger partial charge in [-0.15, -0.1) is 0 Å². The SMILES string of the molecule is CCC(C)NC(=O)c1cc2c([nH]c3ccccc32)c(-c2ccc3c(c2)OCO3)n1. The van der Waals surface area contributed by atoms with E-state index in [1.165, 1.54) is 0 Å². The van der Waals surface area contributed by atoms with Gasteiger partial charge in [0.2, 0.25) is 6.79 Å². The van der Waals surface area contributed by atoms with Gasteiger partial charge in [0.1, 0.15) is 5.69 Å². The second-order valence-corrected chi connectivity index (χ2v) is 7.30. The van der Waals surface area contributed by atoms with E-state index in [4.69, 9.17) is 14.5 Å². The lowest BCUT2D eigenvalue weighted by molar-refractivity contribution is 0.0934. The highest BCUT2D eigenvalue weighted by Crippen LogP contribution is 2.38. The third-order valence-electron chi connectivity index (χ3n) is 5.36. The fraction of sp³-hybridized carbons (Fsp3) is 0.217. The molecule has 1 atom stereocenters. The number of amides is 1. The Hall–Kier alpha value is -3.54. The first-order chi connectivity index (χ1) is 14.1. The van der Waals surface area contributed by atoms with Gasteiger partial charge in [-0.2, -0.15) is 0 Å². The number of carbonyl (C=O) groups is 1. The molecule has 0 radical (unpaired) electrons. The highest BCUT2D eigenvalue weighted by Gasteiger charge is 2.20. The molecule has 0 aliphatic carbocycles. The van der Waals surface area contributed by atoms with Crippen LogP contribution in [0.4, 0.5) is 0 Å². The highest BCUT2D eigenvalue weighted by molar-refractivity contribution is 6.13. The van der Waals surface area contributed by atoms with Gasteiger partial charge < -0.3 is 19.8 Å². The fourth-order valence-corrected chi connectivity index (χ4v) is 3.61. The molecule has 0 spiro atoms. The molecule has 0 saturated carbocycles. The number of ether oxygens (including phenoxy) is 2. The number of H-pyrrole nitrogens is 1. The normalized spacial score (nSPS) is 13.7. The monoisotopic (exact) mass is 387 g/mol. The standard InChI is InChI=1S/C23H21N3O3/c1-3-13(2)24-23(27)18-11-16-15-6-4-5-7-17(15)25-22(16)21(26-18)14-8-9-19-20(10-14)29-12-28-19/h4-11,13,25H,3,12H2,1-2H3,(H,24,27). The fourth-order valence-electron chi connectivity index (χ4n) is 3.61. The molecule has 29 heavy (non-hydrogen) atoms. The van der Waals surface area contributed by atoms with Crippen LogP contribution in [-0.2, 0) is 0 Å². The van der Waals surface area contributed by atoms with Gasteiger partial charge >= 0.3 is 0 Å². The van der Waals surface area contributed by atoms with Crippen molar-refractivity contribution in [2.75, 3.05) is 6.79 Å². The Labute approximate surface area is 167 Å². The zero-order valence-corrected chi connectivity index (χ0v) is 16.3. The molecule has 2 aromatic heterocycles. The number of aromatic nitrogens is 2. The molecule has 3 heterocycles. The third-order valence-corrected chi connectivity index (χ3v) is 5.36. The average molecular weight is 387 g/mol. The molecule has 1 unspecified atom stereocenters. The lowest BCUT2D eigenvalue weighted by Crippen LogP contribution is -2.32. The van der Waals surface area contributed by atoms with Crippen LogP contribution in [0.5, 0.6) is 11.5 Å². The molecule has 1 aliphatic heterocycles. The van der Waals surface area contributed by atoms with Crippen molar-refractivity contribution in [1.29, 1.82) is 0 Å². The zero-order valence-electron chi connectivity index (χ0n) is 16.3. The van der Waals surface area contributed by atoms with E-state index in [-0.39, 0.29) is 18.7 Å². The average Bonchev–Trinajstić information content (AvgIpc) is 3.36. The minimum atomic E-state index is -0.173. The predicted molar refractivity (Wildman–Crippen MR) is 112 cm³/mol. The van der Waals surface area contributed by atoms with Gasteiger partial charge in [0.25, 0.3) is 5.91 Å². The summed E-state index contributed by atoms with van der Waals surface area (Å²) in [5.41, 5.74) is 3.88. The van der Waals surface area contributed by atoms with E-state index in [2.05, 4.69) is 10.3 Å². The van der Waals surface area contributed by atoms with Gasteiger partial charge in [-0.3, -0.25) is 4.79 Å². The maximum atomic E-state index is 12.9. The summed E-state index contributed by atoms with van der Waals surface area (Å²) in [5.74, 6) is 1.23. The van der Waals surface area contributed by atoms with E-state index in [9.17, 15) is 4.79 Å². The van der Waals surface area contributed by atoms with Crippen molar-refractivity contribution < 1.29 is 14.3 Å². The van der Waals surface area contributed by atoms with E-state index in [1.54, 1.807) is 0 Å². The molecule has 146 valence electrons. The van der Waals surface area contributed by atoms with E-state index in [1.807, 2.05) is 62.4 Å². The van der Waals surface area contributed by atoms with Gasteiger partial charge in [0.15, 0.2) is 11.5 Å². The zero-order chi connectivity index (χ0) is 20.0. The van der Waals surface area contributed by atoms with E-state index < -0.39 is 0 Å². The van der Waals surface area contributed by atoms with Crippen LogP contribution in [-0.4, -0.2) is 28.7 Å². The molecule has 1 amide bonds. The number of hydrogen-bond acceptors (Lipinski definition) is 4. The van der Waals surface area contributed by atoms with Crippen molar-refractivity contribution in [2.24, 2.45) is 0 Å². The number of benzene rings is 2. The maximum absolute atomic E-state index is 12.9. The van der Waals surface area contributed by atoms with E-state index >= 15 is 0 Å². The lowest BCUT2D eigenvalue weighted by Gasteiger charge is -2.12. The maximum Gasteiger partial charge on any atom is 0.270 e. The minimum Gasteiger partial charge on any atom is -0.454 e. The van der Waals surface area contributed by atoms with Crippen LogP contribution in [0, 0.1) is 0 Å². The molecule has 0 fully saturated rings. The Balaban J connectivity index is 1.73. The van der Waals surface area contributed by atoms with Gasteiger partial charge in [0, 0.05) is 27.9 Å². The van der Waals surface area contributed by atoms with Crippen LogP contribution < -0.4 is 14.8 Å². The molecule has 2 aromatic carbocycles. The number of para-hydroxylation sites is 1. The molecular weight excluding hydrogens is 366 g/mol. The van der Waals surface area contributed by atoms with Gasteiger partial charge in [-0.05, 0) is 43.7 Å². The summed E-state index contributed by atoms with van der Waals surface area (Å²) in [6.07, 6.45) is 0.857. The van der Waals surface area contributed by atoms with Crippen molar-refractivity contribution in [2.45, 2.75) is 26.3 Å². The molecule has 0 saturated heterocycles. The molecule has 1 aliphatic rings. The molecule has 4 aromatic rings. The summed E-state index contributed by atoms with van der Waals surface area (Å²) >= 11 is 0. The predicted octanol–water partition coefficient (Wildman–Crippen LogP) is 4.64. The number of nitrogens with zero attached hydrogens (tertiary/aromatic N) is 1. The summed E-state index contributed by atoms with van der Waals surface area (Å²) in [5, 5.41) is 5.04. The van der Waals surface area contributed by atoms with Crippen LogP contribution in [0.1, 0.15) is 30.8 Å². The van der Waals surface area contributed by atoms with Crippen LogP contribution in [0.25, 0.3) is 33.1 Å². The van der Waals surface area contributed by atoms with Gasteiger partial charge in [-0.25, -0.2) is 4.98 Å². The number of hydrogen-bond donors (Lipinski definition) is 2. The number of carbonyl (C=O) groups excluding carboxylic acids is 1. The molecule has 5 rings (SSSR count). The Morgan fingerprint density at radius 3 is 2.83 bits per heavy atom. The largest absolute Gasteiger partial charge is 0.454 e. The second kappa shape index (κ2) is 6.81. The Bertz CT molecular complexity index is 1250. The number of fused-ring (bicyclic) bond motifs is 4. The van der Waals surface area contributed by atoms with Crippen LogP contribution in [0.3, 0.4) is 0 Å². The van der Waals surface area contributed by atoms with Crippen molar-refractivity contribution >= 4 is 27.7 Å². The molecule has 6 heteroatoms. The Morgan fingerprint density at radius 2 is 1.97 bits per heavy atom. The lowest BCUT2D eigenvalue weighted by atomic mass is 10.1. The first-order valence-electron chi connectivity index (χ1n) is 9.76. The van der Waals surface area contributed by atoms with Crippen molar-refractivity contribution in [3.63, 3.8) is 0 Å². The van der Waals surface area contributed by atoms with Crippen LogP contribution in [0.15, 0.2) is 48.5 Å². The van der Waals surface area contributed by atoms with Crippen molar-refractivity contribution in [1.82, 2.24) is 15.3 Å². The summed E-state index contributed by atoms with van der Waals surface area (Å²) < 4.78 is 11.0. The number of pyridine rings is 1. The Morgan fingerprint density at radius 1 is 1.14 bits per heavy atom. The van der Waals surface area contributed by atoms with Crippen molar-refractivity contribution in [3.8, 4) is 22.8 Å². The minimum absolute atomic E-state index is 0.0805. The van der Waals surface area contributed by atoms with Crippen molar-refractivity contribution in [3.05, 3.63) is 54.2 Å². The molecule has 2 N–H and O–H groups in total. The molecule has 6 nitrogen and oxygen atoms in total. The topological polar surface area (TPSA) is 76.2 Å². The first-order valence-corrected chi connectivity index (χ1v) is 9.76. The molecular formula is C23H21N3O3. The van der Waals surface area contributed by atoms with E-state index in [0.717, 1.165) is 33.8 Å².